The Balaban J connectivity index is 2.20. The summed E-state index contributed by atoms with van der Waals surface area (Å²) < 4.78 is 5.13. The number of aromatic nitrogens is 2. The van der Waals surface area contributed by atoms with Crippen LogP contribution in [0.1, 0.15) is 26.7 Å². The van der Waals surface area contributed by atoms with Gasteiger partial charge in [0.2, 0.25) is 11.8 Å². The minimum absolute atomic E-state index is 0.517. The molecule has 4 heteroatoms. The molecule has 88 valence electrons. The molecular formula is C12H19N3O. The van der Waals surface area contributed by atoms with E-state index in [0.717, 1.165) is 12.5 Å². The molecule has 0 bridgehead atoms. The Morgan fingerprint density at radius 3 is 2.94 bits per heavy atom. The van der Waals surface area contributed by atoms with Crippen LogP contribution < -0.4 is 9.64 Å². The van der Waals surface area contributed by atoms with Gasteiger partial charge in [-0.15, -0.1) is 0 Å². The first-order valence-corrected chi connectivity index (χ1v) is 5.84. The monoisotopic (exact) mass is 221 g/mol. The van der Waals surface area contributed by atoms with E-state index in [1.54, 1.807) is 19.4 Å². The van der Waals surface area contributed by atoms with Crippen molar-refractivity contribution in [1.29, 1.82) is 0 Å². The van der Waals surface area contributed by atoms with Gasteiger partial charge in [-0.25, -0.2) is 4.98 Å². The van der Waals surface area contributed by atoms with E-state index in [2.05, 4.69) is 28.7 Å². The van der Waals surface area contributed by atoms with Crippen LogP contribution in [0.3, 0.4) is 0 Å². The second-order valence-corrected chi connectivity index (χ2v) is 4.58. The molecule has 0 aliphatic carbocycles. The molecule has 1 aliphatic rings. The molecule has 1 fully saturated rings. The van der Waals surface area contributed by atoms with Crippen LogP contribution in [0.2, 0.25) is 0 Å². The van der Waals surface area contributed by atoms with Gasteiger partial charge in [0.1, 0.15) is 0 Å². The van der Waals surface area contributed by atoms with Crippen molar-refractivity contribution in [3.8, 4) is 5.88 Å². The third kappa shape index (κ3) is 2.26. The van der Waals surface area contributed by atoms with E-state index in [1.807, 2.05) is 0 Å². The zero-order chi connectivity index (χ0) is 11.5. The lowest BCUT2D eigenvalue weighted by atomic mass is 9.95. The highest BCUT2D eigenvalue weighted by molar-refractivity contribution is 5.34. The molecule has 1 saturated heterocycles. The third-order valence-corrected chi connectivity index (χ3v) is 3.20. The van der Waals surface area contributed by atoms with Crippen molar-refractivity contribution in [1.82, 2.24) is 9.97 Å². The quantitative estimate of drug-likeness (QED) is 0.766. The van der Waals surface area contributed by atoms with Gasteiger partial charge >= 0.3 is 0 Å². The molecule has 1 aromatic rings. The Morgan fingerprint density at radius 2 is 2.19 bits per heavy atom. The number of hydrogen-bond donors (Lipinski definition) is 0. The minimum Gasteiger partial charge on any atom is -0.481 e. The molecule has 2 heterocycles. The first kappa shape index (κ1) is 11.2. The van der Waals surface area contributed by atoms with Gasteiger partial charge in [0.05, 0.1) is 7.11 Å². The highest BCUT2D eigenvalue weighted by atomic mass is 16.5. The molecule has 1 aromatic heterocycles. The van der Waals surface area contributed by atoms with E-state index in [9.17, 15) is 0 Å². The van der Waals surface area contributed by atoms with Gasteiger partial charge in [-0.1, -0.05) is 6.92 Å². The van der Waals surface area contributed by atoms with Gasteiger partial charge < -0.3 is 9.64 Å². The Kier molecular flexibility index (Phi) is 3.27. The highest BCUT2D eigenvalue weighted by Crippen LogP contribution is 2.25. The Labute approximate surface area is 96.7 Å². The van der Waals surface area contributed by atoms with Crippen molar-refractivity contribution < 1.29 is 4.74 Å². The molecule has 2 unspecified atom stereocenters. The molecule has 0 saturated carbocycles. The fourth-order valence-electron chi connectivity index (χ4n) is 2.15. The lowest BCUT2D eigenvalue weighted by Crippen LogP contribution is -2.42. The zero-order valence-electron chi connectivity index (χ0n) is 10.2. The van der Waals surface area contributed by atoms with Crippen LogP contribution in [0, 0.1) is 5.92 Å². The van der Waals surface area contributed by atoms with Gasteiger partial charge in [-0.3, -0.25) is 0 Å². The summed E-state index contributed by atoms with van der Waals surface area (Å²) in [5, 5.41) is 0. The number of rotatable bonds is 2. The Hall–Kier alpha value is -1.32. The van der Waals surface area contributed by atoms with E-state index in [0.29, 0.717) is 17.8 Å². The molecular weight excluding hydrogens is 202 g/mol. The second-order valence-electron chi connectivity index (χ2n) is 4.58. The molecule has 2 rings (SSSR count). The fourth-order valence-corrected chi connectivity index (χ4v) is 2.15. The van der Waals surface area contributed by atoms with Gasteiger partial charge in [-0.05, 0) is 25.7 Å². The summed E-state index contributed by atoms with van der Waals surface area (Å²) in [5.41, 5.74) is 0. The number of methoxy groups -OCH3 is 1. The van der Waals surface area contributed by atoms with Crippen LogP contribution in [0.25, 0.3) is 0 Å². The van der Waals surface area contributed by atoms with E-state index in [4.69, 9.17) is 4.74 Å². The lowest BCUT2D eigenvalue weighted by Gasteiger charge is -2.36. The van der Waals surface area contributed by atoms with E-state index < -0.39 is 0 Å². The van der Waals surface area contributed by atoms with Crippen molar-refractivity contribution in [2.45, 2.75) is 32.7 Å². The van der Waals surface area contributed by atoms with Crippen molar-refractivity contribution in [2.24, 2.45) is 5.92 Å². The standard InChI is InChI=1S/C12H19N3O/c1-9-4-5-10(2)15(8-9)12-13-7-6-11(14-12)16-3/h6-7,9-10H,4-5,8H2,1-3H3. The van der Waals surface area contributed by atoms with Crippen LogP contribution in [0.5, 0.6) is 5.88 Å². The summed E-state index contributed by atoms with van der Waals surface area (Å²) in [7, 11) is 1.63. The maximum atomic E-state index is 5.13. The topological polar surface area (TPSA) is 38.2 Å². The Morgan fingerprint density at radius 1 is 1.38 bits per heavy atom. The van der Waals surface area contributed by atoms with Crippen molar-refractivity contribution in [2.75, 3.05) is 18.6 Å². The smallest absolute Gasteiger partial charge is 0.228 e. The molecule has 1 aliphatic heterocycles. The van der Waals surface area contributed by atoms with Crippen LogP contribution in [0.15, 0.2) is 12.3 Å². The summed E-state index contributed by atoms with van der Waals surface area (Å²) >= 11 is 0. The predicted octanol–water partition coefficient (Wildman–Crippen LogP) is 2.11. The van der Waals surface area contributed by atoms with Crippen molar-refractivity contribution >= 4 is 5.95 Å². The Bertz CT molecular complexity index is 356. The molecule has 4 nitrogen and oxygen atoms in total. The fraction of sp³-hybridized carbons (Fsp3) is 0.667. The number of hydrogen-bond acceptors (Lipinski definition) is 4. The first-order valence-electron chi connectivity index (χ1n) is 5.84. The summed E-state index contributed by atoms with van der Waals surface area (Å²) in [6.07, 6.45) is 4.26. The van der Waals surface area contributed by atoms with Crippen molar-refractivity contribution in [3.63, 3.8) is 0 Å². The average Bonchev–Trinajstić information content (AvgIpc) is 2.32. The number of nitrogens with zero attached hydrogens (tertiary/aromatic N) is 3. The molecule has 2 atom stereocenters. The average molecular weight is 221 g/mol. The number of ether oxygens (including phenoxy) is 1. The van der Waals surface area contributed by atoms with Gasteiger partial charge in [-0.2, -0.15) is 4.98 Å². The van der Waals surface area contributed by atoms with E-state index >= 15 is 0 Å². The highest BCUT2D eigenvalue weighted by Gasteiger charge is 2.24. The number of piperidine rings is 1. The molecule has 0 amide bonds. The molecule has 16 heavy (non-hydrogen) atoms. The first-order chi connectivity index (χ1) is 7.70. The summed E-state index contributed by atoms with van der Waals surface area (Å²) in [5.74, 6) is 2.14. The maximum absolute atomic E-state index is 5.13. The van der Waals surface area contributed by atoms with E-state index in [-0.39, 0.29) is 0 Å². The lowest BCUT2D eigenvalue weighted by molar-refractivity contribution is 0.376. The summed E-state index contributed by atoms with van der Waals surface area (Å²) in [6.45, 7) is 5.54. The summed E-state index contributed by atoms with van der Waals surface area (Å²) in [4.78, 5) is 11.0. The van der Waals surface area contributed by atoms with E-state index in [1.165, 1.54) is 12.8 Å². The van der Waals surface area contributed by atoms with Gasteiger partial charge in [0, 0.05) is 24.8 Å². The van der Waals surface area contributed by atoms with Gasteiger partial charge in [0.25, 0.3) is 0 Å². The van der Waals surface area contributed by atoms with Gasteiger partial charge in [0.15, 0.2) is 0 Å². The summed E-state index contributed by atoms with van der Waals surface area (Å²) in [6, 6.07) is 2.30. The van der Waals surface area contributed by atoms with Crippen LogP contribution in [0.4, 0.5) is 5.95 Å². The predicted molar refractivity (Wildman–Crippen MR) is 63.8 cm³/mol. The molecule has 0 N–H and O–H groups in total. The van der Waals surface area contributed by atoms with Crippen molar-refractivity contribution in [3.05, 3.63) is 12.3 Å². The zero-order valence-corrected chi connectivity index (χ0v) is 10.2. The van der Waals surface area contributed by atoms with Crippen LogP contribution >= 0.6 is 0 Å². The molecule has 0 spiro atoms. The molecule has 0 radical (unpaired) electrons. The maximum Gasteiger partial charge on any atom is 0.228 e. The second kappa shape index (κ2) is 4.68. The SMILES string of the molecule is COc1ccnc(N2CC(C)CCC2C)n1. The largest absolute Gasteiger partial charge is 0.481 e. The number of anilines is 1. The van der Waals surface area contributed by atoms with Crippen LogP contribution in [-0.4, -0.2) is 29.7 Å². The third-order valence-electron chi connectivity index (χ3n) is 3.20. The minimum atomic E-state index is 0.517. The normalized spacial score (nSPS) is 25.6. The molecule has 0 aromatic carbocycles. The van der Waals surface area contributed by atoms with Crippen LogP contribution in [-0.2, 0) is 0 Å².